The van der Waals surface area contributed by atoms with Gasteiger partial charge in [0, 0.05) is 6.42 Å². The minimum absolute atomic E-state index is 0.174. The van der Waals surface area contributed by atoms with Crippen LogP contribution in [0.4, 0.5) is 0 Å². The average Bonchev–Trinajstić information content (AvgIpc) is 2.39. The molecule has 1 aromatic rings. The zero-order chi connectivity index (χ0) is 14.3. The summed E-state index contributed by atoms with van der Waals surface area (Å²) in [6.45, 7) is 8.66. The Hall–Kier alpha value is -1.55. The third kappa shape index (κ3) is 5.30. The van der Waals surface area contributed by atoms with E-state index in [2.05, 4.69) is 0 Å². The van der Waals surface area contributed by atoms with Crippen LogP contribution in [-0.2, 0) is 16.1 Å². The van der Waals surface area contributed by atoms with Crippen molar-refractivity contribution in [3.05, 3.63) is 23.8 Å². The summed E-state index contributed by atoms with van der Waals surface area (Å²) in [5, 5.41) is 0. The molecule has 0 N–H and O–H groups in total. The molecule has 0 atom stereocenters. The average molecular weight is 266 g/mol. The van der Waals surface area contributed by atoms with Crippen molar-refractivity contribution in [3.8, 4) is 11.5 Å². The van der Waals surface area contributed by atoms with Crippen molar-refractivity contribution < 1.29 is 19.0 Å². The third-order valence-corrected chi connectivity index (χ3v) is 2.40. The van der Waals surface area contributed by atoms with E-state index in [9.17, 15) is 4.79 Å². The minimum atomic E-state index is -0.271. The number of benzene rings is 1. The molecule has 1 rings (SSSR count). The fourth-order valence-electron chi connectivity index (χ4n) is 1.45. The van der Waals surface area contributed by atoms with E-state index in [0.29, 0.717) is 31.1 Å². The Labute approximate surface area is 114 Å². The predicted octanol–water partition coefficient (Wildman–Crippen LogP) is 3.33. The summed E-state index contributed by atoms with van der Waals surface area (Å²) in [7, 11) is 0. The van der Waals surface area contributed by atoms with Crippen LogP contribution in [0.1, 0.15) is 39.7 Å². The molecule has 0 aliphatic heterocycles. The second-order valence-corrected chi connectivity index (χ2v) is 4.40. The highest BCUT2D eigenvalue weighted by atomic mass is 16.6. The summed E-state index contributed by atoms with van der Waals surface area (Å²) in [5.74, 6) is 0.767. The van der Waals surface area contributed by atoms with Crippen LogP contribution in [0.2, 0.25) is 0 Å². The van der Waals surface area contributed by atoms with Crippen LogP contribution in [0.15, 0.2) is 18.2 Å². The fraction of sp³-hybridized carbons (Fsp3) is 0.533. The molecule has 0 spiro atoms. The fourth-order valence-corrected chi connectivity index (χ4v) is 1.45. The van der Waals surface area contributed by atoms with Gasteiger partial charge >= 0.3 is 5.97 Å². The molecule has 0 unspecified atom stereocenters. The summed E-state index contributed by atoms with van der Waals surface area (Å²) >= 11 is 0. The molecule has 4 heteroatoms. The van der Waals surface area contributed by atoms with Crippen molar-refractivity contribution in [2.45, 2.75) is 46.8 Å². The van der Waals surface area contributed by atoms with Crippen LogP contribution in [0, 0.1) is 0 Å². The first-order valence-corrected chi connectivity index (χ1v) is 6.64. The van der Waals surface area contributed by atoms with Crippen molar-refractivity contribution in [3.63, 3.8) is 0 Å². The first-order chi connectivity index (χ1) is 9.06. The summed E-state index contributed by atoms with van der Waals surface area (Å²) < 4.78 is 16.3. The first kappa shape index (κ1) is 15.5. The second-order valence-electron chi connectivity index (χ2n) is 4.40. The van der Waals surface area contributed by atoms with Gasteiger partial charge in [-0.05, 0) is 38.5 Å². The molecule has 106 valence electrons. The van der Waals surface area contributed by atoms with Gasteiger partial charge in [-0.1, -0.05) is 13.0 Å². The van der Waals surface area contributed by atoms with Gasteiger partial charge in [0.05, 0.1) is 19.3 Å². The first-order valence-electron chi connectivity index (χ1n) is 6.64. The molecule has 0 aromatic heterocycles. The Morgan fingerprint density at radius 2 is 1.95 bits per heavy atom. The standard InChI is InChI=1S/C15H22O4/c1-5-15(16)19-13-8-7-12(10-18-11(3)4)9-14(13)17-6-2/h7-9,11H,5-6,10H2,1-4H3. The number of carbonyl (C=O) groups is 1. The van der Waals surface area contributed by atoms with Gasteiger partial charge in [0.1, 0.15) is 0 Å². The highest BCUT2D eigenvalue weighted by Gasteiger charge is 2.10. The van der Waals surface area contributed by atoms with Gasteiger partial charge < -0.3 is 14.2 Å². The number of hydrogen-bond acceptors (Lipinski definition) is 4. The Morgan fingerprint density at radius 1 is 1.21 bits per heavy atom. The summed E-state index contributed by atoms with van der Waals surface area (Å²) in [4.78, 5) is 11.3. The van der Waals surface area contributed by atoms with Gasteiger partial charge in [0.2, 0.25) is 0 Å². The van der Waals surface area contributed by atoms with Crippen molar-refractivity contribution in [1.29, 1.82) is 0 Å². The largest absolute Gasteiger partial charge is 0.490 e. The Balaban J connectivity index is 2.84. The molecule has 4 nitrogen and oxygen atoms in total. The van der Waals surface area contributed by atoms with Gasteiger partial charge in [0.25, 0.3) is 0 Å². The molecular formula is C15H22O4. The quantitative estimate of drug-likeness (QED) is 0.561. The van der Waals surface area contributed by atoms with E-state index in [1.54, 1.807) is 13.0 Å². The maximum atomic E-state index is 11.3. The maximum Gasteiger partial charge on any atom is 0.311 e. The molecule has 1 aromatic carbocycles. The van der Waals surface area contributed by atoms with E-state index < -0.39 is 0 Å². The zero-order valence-electron chi connectivity index (χ0n) is 12.1. The van der Waals surface area contributed by atoms with Crippen molar-refractivity contribution in [2.24, 2.45) is 0 Å². The van der Waals surface area contributed by atoms with E-state index in [0.717, 1.165) is 5.56 Å². The van der Waals surface area contributed by atoms with E-state index in [-0.39, 0.29) is 12.1 Å². The SMILES string of the molecule is CCOc1cc(COC(C)C)ccc1OC(=O)CC. The van der Waals surface area contributed by atoms with E-state index >= 15 is 0 Å². The molecule has 19 heavy (non-hydrogen) atoms. The monoisotopic (exact) mass is 266 g/mol. The molecular weight excluding hydrogens is 244 g/mol. The van der Waals surface area contributed by atoms with Crippen LogP contribution in [0.5, 0.6) is 11.5 Å². The predicted molar refractivity (Wildman–Crippen MR) is 73.5 cm³/mol. The second kappa shape index (κ2) is 7.79. The molecule has 0 amide bonds. The molecule has 0 saturated heterocycles. The van der Waals surface area contributed by atoms with Crippen LogP contribution >= 0.6 is 0 Å². The smallest absolute Gasteiger partial charge is 0.311 e. The van der Waals surface area contributed by atoms with E-state index in [4.69, 9.17) is 14.2 Å². The molecule has 0 aliphatic rings. The number of ether oxygens (including phenoxy) is 3. The Bertz CT molecular complexity index is 413. The lowest BCUT2D eigenvalue weighted by atomic mass is 10.2. The van der Waals surface area contributed by atoms with Gasteiger partial charge in [-0.15, -0.1) is 0 Å². The van der Waals surface area contributed by atoms with Crippen LogP contribution in [-0.4, -0.2) is 18.7 Å². The summed E-state index contributed by atoms with van der Waals surface area (Å²) in [6.07, 6.45) is 0.511. The topological polar surface area (TPSA) is 44.8 Å². The van der Waals surface area contributed by atoms with Crippen molar-refractivity contribution >= 4 is 5.97 Å². The summed E-state index contributed by atoms with van der Waals surface area (Å²) in [6, 6.07) is 5.48. The van der Waals surface area contributed by atoms with Crippen molar-refractivity contribution in [2.75, 3.05) is 6.61 Å². The van der Waals surface area contributed by atoms with E-state index in [1.807, 2.05) is 32.9 Å². The molecule has 0 saturated carbocycles. The Morgan fingerprint density at radius 3 is 2.53 bits per heavy atom. The number of carbonyl (C=O) groups excluding carboxylic acids is 1. The van der Waals surface area contributed by atoms with Gasteiger partial charge in [0.15, 0.2) is 11.5 Å². The van der Waals surface area contributed by atoms with Gasteiger partial charge in [-0.3, -0.25) is 4.79 Å². The highest BCUT2D eigenvalue weighted by Crippen LogP contribution is 2.29. The van der Waals surface area contributed by atoms with Gasteiger partial charge in [-0.25, -0.2) is 0 Å². The van der Waals surface area contributed by atoms with Crippen LogP contribution < -0.4 is 9.47 Å². The zero-order valence-corrected chi connectivity index (χ0v) is 12.1. The lowest BCUT2D eigenvalue weighted by Crippen LogP contribution is -2.08. The van der Waals surface area contributed by atoms with Crippen LogP contribution in [0.25, 0.3) is 0 Å². The molecule has 0 bridgehead atoms. The van der Waals surface area contributed by atoms with Gasteiger partial charge in [-0.2, -0.15) is 0 Å². The normalized spacial score (nSPS) is 10.6. The number of esters is 1. The van der Waals surface area contributed by atoms with Crippen molar-refractivity contribution in [1.82, 2.24) is 0 Å². The summed E-state index contributed by atoms with van der Waals surface area (Å²) in [5.41, 5.74) is 0.994. The number of hydrogen-bond donors (Lipinski definition) is 0. The lowest BCUT2D eigenvalue weighted by Gasteiger charge is -2.13. The lowest BCUT2D eigenvalue weighted by molar-refractivity contribution is -0.134. The maximum absolute atomic E-state index is 11.3. The molecule has 0 radical (unpaired) electrons. The molecule has 0 heterocycles. The highest BCUT2D eigenvalue weighted by molar-refractivity contribution is 5.72. The third-order valence-electron chi connectivity index (χ3n) is 2.40. The Kier molecular flexibility index (Phi) is 6.36. The number of rotatable bonds is 7. The van der Waals surface area contributed by atoms with Crippen LogP contribution in [0.3, 0.4) is 0 Å². The minimum Gasteiger partial charge on any atom is -0.490 e. The molecule has 0 aliphatic carbocycles. The van der Waals surface area contributed by atoms with E-state index in [1.165, 1.54) is 0 Å². The molecule has 0 fully saturated rings.